The van der Waals surface area contributed by atoms with Crippen molar-refractivity contribution >= 4 is 10.8 Å². The van der Waals surface area contributed by atoms with Gasteiger partial charge in [-0.05, 0) is 35.1 Å². The van der Waals surface area contributed by atoms with Gasteiger partial charge in [-0.1, -0.05) is 24.3 Å². The van der Waals surface area contributed by atoms with Crippen molar-refractivity contribution in [2.45, 2.75) is 12.5 Å². The first-order chi connectivity index (χ1) is 10.1. The molecule has 1 atom stereocenters. The van der Waals surface area contributed by atoms with E-state index >= 15 is 0 Å². The zero-order valence-electron chi connectivity index (χ0n) is 11.3. The Kier molecular flexibility index (Phi) is 3.62. The van der Waals surface area contributed by atoms with Gasteiger partial charge in [0.25, 0.3) is 0 Å². The van der Waals surface area contributed by atoms with Gasteiger partial charge >= 0.3 is 0 Å². The van der Waals surface area contributed by atoms with Gasteiger partial charge in [-0.2, -0.15) is 0 Å². The van der Waals surface area contributed by atoms with Crippen molar-refractivity contribution in [2.75, 3.05) is 0 Å². The summed E-state index contributed by atoms with van der Waals surface area (Å²) in [5.41, 5.74) is 7.56. The molecule has 2 aromatic carbocycles. The van der Waals surface area contributed by atoms with Crippen molar-refractivity contribution in [3.8, 4) is 0 Å². The third-order valence-corrected chi connectivity index (χ3v) is 3.57. The van der Waals surface area contributed by atoms with Crippen LogP contribution in [0, 0.1) is 11.6 Å². The van der Waals surface area contributed by atoms with Crippen LogP contribution in [-0.2, 0) is 6.42 Å². The fourth-order valence-electron chi connectivity index (χ4n) is 2.51. The fourth-order valence-corrected chi connectivity index (χ4v) is 2.51. The summed E-state index contributed by atoms with van der Waals surface area (Å²) in [6.07, 6.45) is 3.79. The Balaban J connectivity index is 1.95. The first kappa shape index (κ1) is 13.6. The molecule has 106 valence electrons. The van der Waals surface area contributed by atoms with Crippen molar-refractivity contribution in [1.82, 2.24) is 4.98 Å². The van der Waals surface area contributed by atoms with E-state index in [-0.39, 0.29) is 6.04 Å². The largest absolute Gasteiger partial charge is 0.324 e. The lowest BCUT2D eigenvalue weighted by molar-refractivity contribution is 0.563. The van der Waals surface area contributed by atoms with E-state index in [4.69, 9.17) is 5.73 Å². The van der Waals surface area contributed by atoms with Crippen molar-refractivity contribution in [3.63, 3.8) is 0 Å². The second kappa shape index (κ2) is 5.58. The van der Waals surface area contributed by atoms with Crippen LogP contribution < -0.4 is 5.73 Å². The molecule has 0 saturated heterocycles. The summed E-state index contributed by atoms with van der Waals surface area (Å²) in [4.78, 5) is 4.08. The van der Waals surface area contributed by atoms with Crippen LogP contribution in [0.3, 0.4) is 0 Å². The van der Waals surface area contributed by atoms with Crippen LogP contribution in [0.4, 0.5) is 8.78 Å². The van der Waals surface area contributed by atoms with Crippen molar-refractivity contribution in [3.05, 3.63) is 77.6 Å². The molecule has 0 aliphatic carbocycles. The topological polar surface area (TPSA) is 38.9 Å². The molecule has 2 N–H and O–H groups in total. The van der Waals surface area contributed by atoms with E-state index in [9.17, 15) is 8.78 Å². The van der Waals surface area contributed by atoms with Gasteiger partial charge < -0.3 is 5.73 Å². The number of benzene rings is 2. The molecule has 2 nitrogen and oxygen atoms in total. The second-order valence-electron chi connectivity index (χ2n) is 4.99. The normalized spacial score (nSPS) is 12.5. The Hall–Kier alpha value is -2.33. The van der Waals surface area contributed by atoms with Gasteiger partial charge in [0.2, 0.25) is 0 Å². The number of rotatable bonds is 3. The first-order valence-corrected chi connectivity index (χ1v) is 6.67. The summed E-state index contributed by atoms with van der Waals surface area (Å²) in [5, 5.41) is 1.99. The van der Waals surface area contributed by atoms with Gasteiger partial charge in [-0.25, -0.2) is 8.78 Å². The van der Waals surface area contributed by atoms with Crippen molar-refractivity contribution < 1.29 is 8.78 Å². The SMILES string of the molecule is NC(Cc1ccc(F)cc1F)c1cccc2cnccc12. The maximum absolute atomic E-state index is 13.7. The molecule has 0 aliphatic rings. The number of fused-ring (bicyclic) bond motifs is 1. The highest BCUT2D eigenvalue weighted by atomic mass is 19.1. The summed E-state index contributed by atoms with van der Waals surface area (Å²) in [6, 6.07) is 10.9. The zero-order valence-corrected chi connectivity index (χ0v) is 11.3. The number of pyridine rings is 1. The molecule has 0 bridgehead atoms. The number of nitrogens with zero attached hydrogens (tertiary/aromatic N) is 1. The fraction of sp³-hybridized carbons (Fsp3) is 0.118. The van der Waals surface area contributed by atoms with Crippen LogP contribution >= 0.6 is 0 Å². The van der Waals surface area contributed by atoms with E-state index in [1.165, 1.54) is 12.1 Å². The predicted molar refractivity (Wildman–Crippen MR) is 78.7 cm³/mol. The molecular weight excluding hydrogens is 270 g/mol. The average molecular weight is 284 g/mol. The molecule has 1 unspecified atom stereocenters. The van der Waals surface area contributed by atoms with Gasteiger partial charge in [0.05, 0.1) is 0 Å². The first-order valence-electron chi connectivity index (χ1n) is 6.67. The molecule has 0 radical (unpaired) electrons. The molecule has 21 heavy (non-hydrogen) atoms. The molecule has 0 aliphatic heterocycles. The van der Waals surface area contributed by atoms with Crippen LogP contribution in [0.1, 0.15) is 17.2 Å². The maximum Gasteiger partial charge on any atom is 0.129 e. The Labute approximate surface area is 121 Å². The molecule has 3 aromatic rings. The zero-order chi connectivity index (χ0) is 14.8. The van der Waals surface area contributed by atoms with E-state index in [2.05, 4.69) is 4.98 Å². The summed E-state index contributed by atoms with van der Waals surface area (Å²) < 4.78 is 26.7. The number of hydrogen-bond acceptors (Lipinski definition) is 2. The van der Waals surface area contributed by atoms with E-state index in [0.717, 1.165) is 22.4 Å². The second-order valence-corrected chi connectivity index (χ2v) is 4.99. The highest BCUT2D eigenvalue weighted by Crippen LogP contribution is 2.25. The minimum absolute atomic E-state index is 0.313. The summed E-state index contributed by atoms with van der Waals surface area (Å²) >= 11 is 0. The van der Waals surface area contributed by atoms with E-state index in [0.29, 0.717) is 12.0 Å². The Morgan fingerprint density at radius 2 is 1.95 bits per heavy atom. The molecule has 3 rings (SSSR count). The van der Waals surface area contributed by atoms with Crippen molar-refractivity contribution in [1.29, 1.82) is 0 Å². The quantitative estimate of drug-likeness (QED) is 0.795. The molecule has 1 aromatic heterocycles. The third-order valence-electron chi connectivity index (χ3n) is 3.57. The highest BCUT2D eigenvalue weighted by molar-refractivity contribution is 5.85. The molecule has 1 heterocycles. The van der Waals surface area contributed by atoms with E-state index < -0.39 is 11.6 Å². The van der Waals surface area contributed by atoms with Crippen molar-refractivity contribution in [2.24, 2.45) is 5.73 Å². The van der Waals surface area contributed by atoms with E-state index in [1.54, 1.807) is 12.4 Å². The van der Waals surface area contributed by atoms with Gasteiger partial charge in [-0.3, -0.25) is 4.98 Å². The third kappa shape index (κ3) is 2.76. The lowest BCUT2D eigenvalue weighted by Crippen LogP contribution is -2.14. The number of aromatic nitrogens is 1. The molecule has 0 spiro atoms. The van der Waals surface area contributed by atoms with Gasteiger partial charge in [-0.15, -0.1) is 0 Å². The molecule has 4 heteroatoms. The van der Waals surface area contributed by atoms with Gasteiger partial charge in [0.1, 0.15) is 11.6 Å². The number of nitrogens with two attached hydrogens (primary N) is 1. The number of hydrogen-bond donors (Lipinski definition) is 1. The Bertz CT molecular complexity index is 781. The Morgan fingerprint density at radius 3 is 2.76 bits per heavy atom. The van der Waals surface area contributed by atoms with Gasteiger partial charge in [0, 0.05) is 29.9 Å². The van der Waals surface area contributed by atoms with Crippen LogP contribution in [0.2, 0.25) is 0 Å². The minimum Gasteiger partial charge on any atom is -0.324 e. The highest BCUT2D eigenvalue weighted by Gasteiger charge is 2.13. The summed E-state index contributed by atoms with van der Waals surface area (Å²) in [7, 11) is 0. The molecule has 0 amide bonds. The summed E-state index contributed by atoms with van der Waals surface area (Å²) in [6.45, 7) is 0. The van der Waals surface area contributed by atoms with Crippen LogP contribution in [0.5, 0.6) is 0 Å². The lowest BCUT2D eigenvalue weighted by Gasteiger charge is -2.15. The van der Waals surface area contributed by atoms with Crippen LogP contribution in [0.25, 0.3) is 10.8 Å². The summed E-state index contributed by atoms with van der Waals surface area (Å²) in [5.74, 6) is -1.14. The van der Waals surface area contributed by atoms with Gasteiger partial charge in [0.15, 0.2) is 0 Å². The average Bonchev–Trinajstić information content (AvgIpc) is 2.49. The van der Waals surface area contributed by atoms with Crippen LogP contribution in [-0.4, -0.2) is 4.98 Å². The minimum atomic E-state index is -0.582. The number of halogens is 2. The molecule has 0 saturated carbocycles. The molecule has 0 fully saturated rings. The standard InChI is InChI=1S/C17H14F2N2/c18-13-5-4-11(16(19)9-13)8-17(20)15-3-1-2-12-10-21-7-6-14(12)15/h1-7,9-10,17H,8,20H2. The Morgan fingerprint density at radius 1 is 1.10 bits per heavy atom. The van der Waals surface area contributed by atoms with Crippen LogP contribution in [0.15, 0.2) is 54.9 Å². The predicted octanol–water partition coefficient (Wildman–Crippen LogP) is 3.76. The molecular formula is C17H14F2N2. The lowest BCUT2D eigenvalue weighted by atomic mass is 9.95. The monoisotopic (exact) mass is 284 g/mol. The maximum atomic E-state index is 13.7. The smallest absolute Gasteiger partial charge is 0.129 e. The van der Waals surface area contributed by atoms with E-state index in [1.807, 2.05) is 24.3 Å².